The Morgan fingerprint density at radius 3 is 2.64 bits per heavy atom. The first-order valence-electron chi connectivity index (χ1n) is 12.5. The summed E-state index contributed by atoms with van der Waals surface area (Å²) in [5, 5.41) is 12.4. The molecule has 0 saturated carbocycles. The van der Waals surface area contributed by atoms with Crippen molar-refractivity contribution in [1.82, 2.24) is 4.98 Å². The number of carboxylic acid groups (broad SMARTS) is 1. The molecule has 0 spiro atoms. The Hall–Kier alpha value is -3.89. The van der Waals surface area contributed by atoms with Crippen molar-refractivity contribution < 1.29 is 27.9 Å². The minimum Gasteiger partial charge on any atom is -0.481 e. The SMILES string of the molecule is CN(c1cccc(Cl)c1)S(=O)(=O)c1ccc2c(c1)/C(=C/c1[nH]c3c(c1CCC(=O)O)C(=O)CCCC3)C(=O)N2. The number of fused-ring (bicyclic) bond motifs is 2. The standard InChI is InChI=1S/C28H26ClN3O6S/c1-32(17-6-4-5-16(29)13-17)39(37,38)18-9-11-22-20(14-18)21(28(36)31-22)15-24-19(10-12-26(34)35)27-23(30-24)7-2-3-8-25(27)33/h4-6,9,11,13-15,30H,2-3,7-8,10,12H2,1H3,(H,31,36)(H,34,35)/b21-15-. The van der Waals surface area contributed by atoms with Gasteiger partial charge in [-0.1, -0.05) is 17.7 Å². The number of ketones is 1. The highest BCUT2D eigenvalue weighted by Crippen LogP contribution is 2.37. The Morgan fingerprint density at radius 1 is 1.13 bits per heavy atom. The number of rotatable bonds is 7. The van der Waals surface area contributed by atoms with E-state index in [4.69, 9.17) is 11.6 Å². The van der Waals surface area contributed by atoms with Gasteiger partial charge in [-0.25, -0.2) is 8.42 Å². The van der Waals surface area contributed by atoms with Crippen molar-refractivity contribution in [1.29, 1.82) is 0 Å². The molecular weight excluding hydrogens is 542 g/mol. The molecule has 0 saturated heterocycles. The summed E-state index contributed by atoms with van der Waals surface area (Å²) in [7, 11) is -2.57. The van der Waals surface area contributed by atoms with E-state index >= 15 is 0 Å². The van der Waals surface area contributed by atoms with E-state index in [1.54, 1.807) is 24.3 Å². The Morgan fingerprint density at radius 2 is 1.90 bits per heavy atom. The van der Waals surface area contributed by atoms with Gasteiger partial charge in [0.15, 0.2) is 5.78 Å². The molecular formula is C28H26ClN3O6S. The summed E-state index contributed by atoms with van der Waals surface area (Å²) in [6.45, 7) is 0. The molecule has 0 atom stereocenters. The third kappa shape index (κ3) is 5.09. The number of carbonyl (C=O) groups is 3. The second-order valence-electron chi connectivity index (χ2n) is 9.57. The molecule has 0 fully saturated rings. The lowest BCUT2D eigenvalue weighted by Crippen LogP contribution is -2.26. The lowest BCUT2D eigenvalue weighted by atomic mass is 9.97. The van der Waals surface area contributed by atoms with Crippen molar-refractivity contribution in [3.8, 4) is 0 Å². The van der Waals surface area contributed by atoms with E-state index in [1.807, 2.05) is 0 Å². The van der Waals surface area contributed by atoms with Crippen LogP contribution in [0.1, 0.15) is 58.6 Å². The number of hydrogen-bond donors (Lipinski definition) is 3. The van der Waals surface area contributed by atoms with Crippen molar-refractivity contribution in [3.05, 3.63) is 75.6 Å². The van der Waals surface area contributed by atoms with Gasteiger partial charge >= 0.3 is 5.97 Å². The third-order valence-corrected chi connectivity index (χ3v) is 9.07. The van der Waals surface area contributed by atoms with Crippen LogP contribution in [0.4, 0.5) is 11.4 Å². The molecule has 5 rings (SSSR count). The zero-order valence-electron chi connectivity index (χ0n) is 21.1. The van der Waals surface area contributed by atoms with Crippen LogP contribution in [-0.4, -0.2) is 43.2 Å². The van der Waals surface area contributed by atoms with Crippen LogP contribution in [0.2, 0.25) is 5.02 Å². The van der Waals surface area contributed by atoms with Gasteiger partial charge in [0.2, 0.25) is 0 Å². The van der Waals surface area contributed by atoms with Crippen LogP contribution in [0.3, 0.4) is 0 Å². The summed E-state index contributed by atoms with van der Waals surface area (Å²) in [6.07, 6.45) is 4.13. The summed E-state index contributed by atoms with van der Waals surface area (Å²) in [5.41, 5.74) is 3.74. The van der Waals surface area contributed by atoms with Gasteiger partial charge in [0, 0.05) is 53.1 Å². The Bertz CT molecular complexity index is 1660. The predicted octanol–water partition coefficient (Wildman–Crippen LogP) is 4.91. The number of nitrogens with zero attached hydrogens (tertiary/aromatic N) is 1. The van der Waals surface area contributed by atoms with Gasteiger partial charge in [-0.2, -0.15) is 0 Å². The van der Waals surface area contributed by atoms with Crippen molar-refractivity contribution >= 4 is 62.3 Å². The maximum atomic E-state index is 13.5. The fourth-order valence-corrected chi connectivity index (χ4v) is 6.45. The number of aromatic nitrogens is 1. The lowest BCUT2D eigenvalue weighted by molar-refractivity contribution is -0.137. The fraction of sp³-hybridized carbons (Fsp3) is 0.250. The van der Waals surface area contributed by atoms with Crippen LogP contribution in [0, 0.1) is 0 Å². The number of benzene rings is 2. The number of halogens is 1. The molecule has 0 unspecified atom stereocenters. The van der Waals surface area contributed by atoms with Gasteiger partial charge in [-0.05, 0) is 73.7 Å². The van der Waals surface area contributed by atoms with Gasteiger partial charge in [-0.15, -0.1) is 0 Å². The second kappa shape index (κ2) is 10.3. The number of sulfonamides is 1. The fourth-order valence-electron chi connectivity index (χ4n) is 5.05. The number of amides is 1. The van der Waals surface area contributed by atoms with Gasteiger partial charge < -0.3 is 15.4 Å². The molecule has 2 aromatic carbocycles. The molecule has 1 amide bonds. The predicted molar refractivity (Wildman–Crippen MR) is 149 cm³/mol. The highest BCUT2D eigenvalue weighted by molar-refractivity contribution is 7.92. The Kier molecular flexibility index (Phi) is 7.09. The molecule has 1 aliphatic carbocycles. The number of hydrogen-bond acceptors (Lipinski definition) is 5. The number of H-pyrrole nitrogens is 1. The van der Waals surface area contributed by atoms with Crippen LogP contribution >= 0.6 is 11.6 Å². The molecule has 11 heteroatoms. The molecule has 9 nitrogen and oxygen atoms in total. The summed E-state index contributed by atoms with van der Waals surface area (Å²) >= 11 is 6.05. The normalized spacial score (nSPS) is 16.0. The van der Waals surface area contributed by atoms with E-state index < -0.39 is 21.9 Å². The van der Waals surface area contributed by atoms with Crippen LogP contribution in [0.15, 0.2) is 47.4 Å². The number of aromatic amines is 1. The molecule has 3 N–H and O–H groups in total. The van der Waals surface area contributed by atoms with Crippen molar-refractivity contribution in [3.63, 3.8) is 0 Å². The van der Waals surface area contributed by atoms with E-state index in [2.05, 4.69) is 10.3 Å². The minimum absolute atomic E-state index is 0.0188. The average Bonchev–Trinajstić information content (AvgIpc) is 3.33. The lowest BCUT2D eigenvalue weighted by Gasteiger charge is -2.20. The number of Topliss-reactive ketones (excluding diaryl/α,β-unsaturated/α-hetero) is 1. The first-order valence-corrected chi connectivity index (χ1v) is 14.3. The smallest absolute Gasteiger partial charge is 0.303 e. The van der Waals surface area contributed by atoms with E-state index in [0.29, 0.717) is 51.6 Å². The number of nitrogens with one attached hydrogen (secondary N) is 2. The van der Waals surface area contributed by atoms with E-state index in [-0.39, 0.29) is 29.1 Å². The second-order valence-corrected chi connectivity index (χ2v) is 12.0. The highest BCUT2D eigenvalue weighted by atomic mass is 35.5. The maximum absolute atomic E-state index is 13.5. The van der Waals surface area contributed by atoms with Crippen molar-refractivity contribution in [2.45, 2.75) is 43.4 Å². The first-order chi connectivity index (χ1) is 18.6. The molecule has 2 heterocycles. The molecule has 202 valence electrons. The summed E-state index contributed by atoms with van der Waals surface area (Å²) in [5.74, 6) is -1.47. The van der Waals surface area contributed by atoms with Crippen LogP contribution in [-0.2, 0) is 32.5 Å². The number of carboxylic acids is 1. The molecule has 1 aromatic heterocycles. The van der Waals surface area contributed by atoms with Crippen LogP contribution in [0.25, 0.3) is 11.6 Å². The Balaban J connectivity index is 1.58. The third-order valence-electron chi connectivity index (χ3n) is 7.06. The zero-order valence-corrected chi connectivity index (χ0v) is 22.7. The number of carbonyl (C=O) groups excluding carboxylic acids is 2. The molecule has 1 aliphatic heterocycles. The summed E-state index contributed by atoms with van der Waals surface area (Å²) in [4.78, 5) is 40.5. The minimum atomic E-state index is -3.99. The maximum Gasteiger partial charge on any atom is 0.303 e. The molecule has 0 radical (unpaired) electrons. The average molecular weight is 568 g/mol. The molecule has 2 aliphatic rings. The van der Waals surface area contributed by atoms with E-state index in [0.717, 1.165) is 22.8 Å². The van der Waals surface area contributed by atoms with Gasteiger partial charge in [0.25, 0.3) is 15.9 Å². The monoisotopic (exact) mass is 567 g/mol. The topological polar surface area (TPSA) is 137 Å². The van der Waals surface area contributed by atoms with E-state index in [9.17, 15) is 27.9 Å². The number of anilines is 2. The molecule has 0 bridgehead atoms. The quantitative estimate of drug-likeness (QED) is 0.274. The zero-order chi connectivity index (χ0) is 27.9. The molecule has 39 heavy (non-hydrogen) atoms. The Labute approximate surface area is 230 Å². The van der Waals surface area contributed by atoms with Gasteiger partial charge in [0.05, 0.1) is 16.2 Å². The van der Waals surface area contributed by atoms with Gasteiger partial charge in [-0.3, -0.25) is 18.7 Å². The summed E-state index contributed by atoms with van der Waals surface area (Å²) < 4.78 is 28.0. The van der Waals surface area contributed by atoms with Crippen LogP contribution < -0.4 is 9.62 Å². The van der Waals surface area contributed by atoms with Crippen molar-refractivity contribution in [2.75, 3.05) is 16.7 Å². The van der Waals surface area contributed by atoms with Crippen LogP contribution in [0.5, 0.6) is 0 Å². The highest BCUT2D eigenvalue weighted by Gasteiger charge is 2.30. The number of aliphatic carboxylic acids is 1. The summed E-state index contributed by atoms with van der Waals surface area (Å²) in [6, 6.07) is 10.9. The van der Waals surface area contributed by atoms with Crippen molar-refractivity contribution in [2.24, 2.45) is 0 Å². The largest absolute Gasteiger partial charge is 0.481 e. The number of aryl methyl sites for hydroxylation is 1. The van der Waals surface area contributed by atoms with Gasteiger partial charge in [0.1, 0.15) is 0 Å². The molecule has 3 aromatic rings. The van der Waals surface area contributed by atoms with E-state index in [1.165, 1.54) is 31.3 Å². The first kappa shape index (κ1) is 26.7.